The normalized spacial score (nSPS) is 11.3. The Kier molecular flexibility index (Phi) is 6.78. The molecule has 0 atom stereocenters. The summed E-state index contributed by atoms with van der Waals surface area (Å²) in [6.07, 6.45) is 1.85. The summed E-state index contributed by atoms with van der Waals surface area (Å²) >= 11 is 4.43. The van der Waals surface area contributed by atoms with Gasteiger partial charge in [0.15, 0.2) is 0 Å². The molecule has 0 saturated heterocycles. The van der Waals surface area contributed by atoms with Crippen molar-refractivity contribution < 1.29 is 9.66 Å². The van der Waals surface area contributed by atoms with Crippen molar-refractivity contribution in [3.05, 3.63) is 64.8 Å². The minimum Gasteiger partial charge on any atom is -0.489 e. The van der Waals surface area contributed by atoms with Crippen LogP contribution < -0.4 is 4.74 Å². The van der Waals surface area contributed by atoms with E-state index in [9.17, 15) is 15.4 Å². The standard InChI is InChI=1S/C18H14I2N2O3/c1-11(2)25-18-16(19)8-12(9-17(18)20)7-14(10-21)13-3-5-15(6-4-13)22(23)24/h3-9,11H,1-2H3/b14-7-. The zero-order chi connectivity index (χ0) is 18.6. The first-order chi connectivity index (χ1) is 11.8. The summed E-state index contributed by atoms with van der Waals surface area (Å²) in [6, 6.07) is 12.0. The zero-order valence-electron chi connectivity index (χ0n) is 13.5. The van der Waals surface area contributed by atoms with Gasteiger partial charge in [-0.25, -0.2) is 0 Å². The van der Waals surface area contributed by atoms with E-state index in [1.54, 1.807) is 18.2 Å². The number of nitrogens with zero attached hydrogens (tertiary/aromatic N) is 2. The molecule has 0 saturated carbocycles. The maximum Gasteiger partial charge on any atom is 0.269 e. The Labute approximate surface area is 173 Å². The van der Waals surface area contributed by atoms with Crippen molar-refractivity contribution in [2.45, 2.75) is 20.0 Å². The summed E-state index contributed by atoms with van der Waals surface area (Å²) in [5.74, 6) is 0.835. The van der Waals surface area contributed by atoms with Gasteiger partial charge in [0.2, 0.25) is 0 Å². The number of nitro groups is 1. The summed E-state index contributed by atoms with van der Waals surface area (Å²) in [5, 5.41) is 20.2. The van der Waals surface area contributed by atoms with E-state index >= 15 is 0 Å². The zero-order valence-corrected chi connectivity index (χ0v) is 17.8. The Morgan fingerprint density at radius 3 is 2.24 bits per heavy atom. The summed E-state index contributed by atoms with van der Waals surface area (Å²) in [6.45, 7) is 3.95. The molecule has 0 aliphatic rings. The number of hydrogen-bond donors (Lipinski definition) is 0. The average molecular weight is 560 g/mol. The maximum atomic E-state index is 10.7. The minimum atomic E-state index is -0.461. The summed E-state index contributed by atoms with van der Waals surface area (Å²) in [5.41, 5.74) is 1.96. The minimum absolute atomic E-state index is 0.000300. The average Bonchev–Trinajstić information content (AvgIpc) is 2.56. The molecule has 0 fully saturated rings. The molecule has 0 N–H and O–H groups in total. The molecule has 0 aromatic heterocycles. The Morgan fingerprint density at radius 2 is 1.80 bits per heavy atom. The highest BCUT2D eigenvalue weighted by Crippen LogP contribution is 2.31. The van der Waals surface area contributed by atoms with Crippen LogP contribution in [0.2, 0.25) is 0 Å². The van der Waals surface area contributed by atoms with E-state index in [0.29, 0.717) is 11.1 Å². The van der Waals surface area contributed by atoms with Crippen molar-refractivity contribution in [1.29, 1.82) is 5.26 Å². The van der Waals surface area contributed by atoms with Crippen LogP contribution in [-0.2, 0) is 0 Å². The van der Waals surface area contributed by atoms with Crippen molar-refractivity contribution in [1.82, 2.24) is 0 Å². The van der Waals surface area contributed by atoms with Crippen molar-refractivity contribution >= 4 is 62.5 Å². The number of nitriles is 1. The van der Waals surface area contributed by atoms with E-state index in [0.717, 1.165) is 18.5 Å². The predicted molar refractivity (Wildman–Crippen MR) is 114 cm³/mol. The molecular weight excluding hydrogens is 546 g/mol. The van der Waals surface area contributed by atoms with E-state index in [4.69, 9.17) is 4.74 Å². The second kappa shape index (κ2) is 8.62. The molecule has 0 bridgehead atoms. The van der Waals surface area contributed by atoms with Gasteiger partial charge in [0, 0.05) is 12.1 Å². The topological polar surface area (TPSA) is 76.2 Å². The van der Waals surface area contributed by atoms with Gasteiger partial charge >= 0.3 is 0 Å². The Hall–Kier alpha value is -1.67. The van der Waals surface area contributed by atoms with Gasteiger partial charge in [0.1, 0.15) is 5.75 Å². The van der Waals surface area contributed by atoms with E-state index in [1.165, 1.54) is 12.1 Å². The van der Waals surface area contributed by atoms with Gasteiger partial charge in [-0.2, -0.15) is 5.26 Å². The quantitative estimate of drug-likeness (QED) is 0.156. The first-order valence-electron chi connectivity index (χ1n) is 7.34. The highest BCUT2D eigenvalue weighted by atomic mass is 127. The van der Waals surface area contributed by atoms with Gasteiger partial charge in [0.05, 0.1) is 29.8 Å². The Balaban J connectivity index is 2.40. The van der Waals surface area contributed by atoms with Gasteiger partial charge in [-0.05, 0) is 100 Å². The molecule has 25 heavy (non-hydrogen) atoms. The number of ether oxygens (including phenoxy) is 1. The van der Waals surface area contributed by atoms with Crippen LogP contribution in [0.4, 0.5) is 5.69 Å². The number of rotatable bonds is 5. The molecule has 0 aliphatic carbocycles. The summed E-state index contributed by atoms with van der Waals surface area (Å²) in [7, 11) is 0. The van der Waals surface area contributed by atoms with E-state index < -0.39 is 4.92 Å². The molecule has 7 heteroatoms. The SMILES string of the molecule is CC(C)Oc1c(I)cc(/C=C(/C#N)c2ccc([N+](=O)[O-])cc2)cc1I. The fourth-order valence-electron chi connectivity index (χ4n) is 2.12. The van der Waals surface area contributed by atoms with Crippen LogP contribution >= 0.6 is 45.2 Å². The lowest BCUT2D eigenvalue weighted by molar-refractivity contribution is -0.384. The molecule has 0 unspecified atom stereocenters. The molecule has 0 heterocycles. The van der Waals surface area contributed by atoms with Crippen molar-refractivity contribution in [2.24, 2.45) is 0 Å². The van der Waals surface area contributed by atoms with Crippen molar-refractivity contribution in [3.8, 4) is 11.8 Å². The number of benzene rings is 2. The Morgan fingerprint density at radius 1 is 1.24 bits per heavy atom. The van der Waals surface area contributed by atoms with Gasteiger partial charge in [0.25, 0.3) is 5.69 Å². The predicted octanol–water partition coefficient (Wildman–Crippen LogP) is 5.66. The van der Waals surface area contributed by atoms with Gasteiger partial charge in [-0.1, -0.05) is 0 Å². The number of allylic oxidation sites excluding steroid dienone is 1. The van der Waals surface area contributed by atoms with Gasteiger partial charge in [-0.3, -0.25) is 10.1 Å². The van der Waals surface area contributed by atoms with Crippen LogP contribution in [0.25, 0.3) is 11.6 Å². The number of non-ortho nitro benzene ring substituents is 1. The molecule has 2 rings (SSSR count). The number of hydrogen-bond acceptors (Lipinski definition) is 4. The van der Waals surface area contributed by atoms with Crippen LogP contribution in [0.3, 0.4) is 0 Å². The van der Waals surface area contributed by atoms with Gasteiger partial charge < -0.3 is 4.74 Å². The van der Waals surface area contributed by atoms with Crippen molar-refractivity contribution in [2.75, 3.05) is 0 Å². The third-order valence-electron chi connectivity index (χ3n) is 3.19. The van der Waals surface area contributed by atoms with Crippen molar-refractivity contribution in [3.63, 3.8) is 0 Å². The van der Waals surface area contributed by atoms with Crippen LogP contribution in [0.5, 0.6) is 5.75 Å². The third kappa shape index (κ3) is 5.15. The molecule has 0 radical (unpaired) electrons. The molecular formula is C18H14I2N2O3. The lowest BCUT2D eigenvalue weighted by Gasteiger charge is -2.14. The van der Waals surface area contributed by atoms with Crippen LogP contribution in [0.1, 0.15) is 25.0 Å². The highest BCUT2D eigenvalue weighted by molar-refractivity contribution is 14.1. The maximum absolute atomic E-state index is 10.7. The summed E-state index contributed by atoms with van der Waals surface area (Å²) < 4.78 is 7.74. The molecule has 5 nitrogen and oxygen atoms in total. The van der Waals surface area contributed by atoms with E-state index in [2.05, 4.69) is 51.3 Å². The Bertz CT molecular complexity index is 846. The van der Waals surface area contributed by atoms with Crippen LogP contribution in [-0.4, -0.2) is 11.0 Å². The van der Waals surface area contributed by atoms with Crippen LogP contribution in [0.15, 0.2) is 36.4 Å². The molecule has 0 spiro atoms. The van der Waals surface area contributed by atoms with Gasteiger partial charge in [-0.15, -0.1) is 0 Å². The first-order valence-corrected chi connectivity index (χ1v) is 9.50. The highest BCUT2D eigenvalue weighted by Gasteiger charge is 2.11. The molecule has 2 aromatic carbocycles. The largest absolute Gasteiger partial charge is 0.489 e. The molecule has 2 aromatic rings. The number of nitro benzene ring substituents is 1. The van der Waals surface area contributed by atoms with E-state index in [1.807, 2.05) is 26.0 Å². The van der Waals surface area contributed by atoms with E-state index in [-0.39, 0.29) is 11.8 Å². The second-order valence-corrected chi connectivity index (χ2v) is 7.78. The molecule has 128 valence electrons. The third-order valence-corrected chi connectivity index (χ3v) is 4.80. The fraction of sp³-hybridized carbons (Fsp3) is 0.167. The fourth-order valence-corrected chi connectivity index (χ4v) is 4.19. The summed E-state index contributed by atoms with van der Waals surface area (Å²) in [4.78, 5) is 10.3. The second-order valence-electron chi connectivity index (χ2n) is 5.45. The number of halogens is 2. The monoisotopic (exact) mass is 560 g/mol. The molecule has 0 amide bonds. The first kappa shape index (κ1) is 19.7. The lowest BCUT2D eigenvalue weighted by atomic mass is 10.0. The van der Waals surface area contributed by atoms with Crippen LogP contribution in [0, 0.1) is 28.6 Å². The smallest absolute Gasteiger partial charge is 0.269 e. The lowest BCUT2D eigenvalue weighted by Crippen LogP contribution is -2.08. The molecule has 0 aliphatic heterocycles.